The minimum absolute atomic E-state index is 0.477. The average Bonchev–Trinajstić information content (AvgIpc) is 2.46. The van der Waals surface area contributed by atoms with Gasteiger partial charge in [-0.3, -0.25) is 4.98 Å². The van der Waals surface area contributed by atoms with Crippen molar-refractivity contribution >= 4 is 29.3 Å². The van der Waals surface area contributed by atoms with Crippen molar-refractivity contribution in [1.82, 2.24) is 4.98 Å². The Morgan fingerprint density at radius 3 is 2.30 bits per heavy atom. The topological polar surface area (TPSA) is 31.4 Å². The standard InChI is InChI=1S/C15H12Cl2NO2/c1-19-14-6-4-10(7-15(14)20-2)3-5-11-12(16)8-18-9-13(11)17/h4-9H,1-2H3. The molecular weight excluding hydrogens is 297 g/mol. The Morgan fingerprint density at radius 2 is 1.70 bits per heavy atom. The van der Waals surface area contributed by atoms with Crippen LogP contribution in [-0.2, 0) is 0 Å². The van der Waals surface area contributed by atoms with Crippen LogP contribution in [0.3, 0.4) is 0 Å². The number of ether oxygens (including phenoxy) is 2. The average molecular weight is 309 g/mol. The molecule has 0 saturated heterocycles. The molecule has 2 rings (SSSR count). The second kappa shape index (κ2) is 6.64. The largest absolute Gasteiger partial charge is 0.493 e. The predicted octanol–water partition coefficient (Wildman–Crippen LogP) is 4.27. The van der Waals surface area contributed by atoms with Crippen LogP contribution in [0.25, 0.3) is 6.08 Å². The summed E-state index contributed by atoms with van der Waals surface area (Å²) in [5, 5.41) is 0.955. The summed E-state index contributed by atoms with van der Waals surface area (Å²) >= 11 is 12.1. The molecule has 0 N–H and O–H groups in total. The molecule has 0 aliphatic rings. The monoisotopic (exact) mass is 308 g/mol. The molecule has 0 aliphatic carbocycles. The fourth-order valence-electron chi connectivity index (χ4n) is 1.64. The van der Waals surface area contributed by atoms with Gasteiger partial charge in [-0.1, -0.05) is 29.3 Å². The number of hydrogen-bond acceptors (Lipinski definition) is 3. The Balaban J connectivity index is 2.32. The molecule has 0 atom stereocenters. The molecule has 0 spiro atoms. The lowest BCUT2D eigenvalue weighted by molar-refractivity contribution is 0.355. The highest BCUT2D eigenvalue weighted by Gasteiger charge is 2.05. The first kappa shape index (κ1) is 14.7. The number of aromatic nitrogens is 1. The summed E-state index contributed by atoms with van der Waals surface area (Å²) < 4.78 is 10.4. The van der Waals surface area contributed by atoms with Crippen LogP contribution in [0.1, 0.15) is 11.1 Å². The van der Waals surface area contributed by atoms with E-state index in [1.165, 1.54) is 12.4 Å². The molecule has 0 bridgehead atoms. The van der Waals surface area contributed by atoms with E-state index < -0.39 is 0 Å². The summed E-state index contributed by atoms with van der Waals surface area (Å²) in [6.07, 6.45) is 7.90. The minimum atomic E-state index is 0.477. The summed E-state index contributed by atoms with van der Waals surface area (Å²) in [6, 6.07) is 5.49. The molecule has 1 heterocycles. The van der Waals surface area contributed by atoms with E-state index in [2.05, 4.69) is 11.1 Å². The number of rotatable bonds is 4. The van der Waals surface area contributed by atoms with Crippen molar-refractivity contribution in [2.24, 2.45) is 0 Å². The first-order valence-electron chi connectivity index (χ1n) is 5.76. The lowest BCUT2D eigenvalue weighted by Gasteiger charge is -2.07. The van der Waals surface area contributed by atoms with Crippen LogP contribution in [-0.4, -0.2) is 19.2 Å². The van der Waals surface area contributed by atoms with Gasteiger partial charge in [-0.2, -0.15) is 0 Å². The smallest absolute Gasteiger partial charge is 0.161 e. The van der Waals surface area contributed by atoms with Gasteiger partial charge in [0.25, 0.3) is 0 Å². The van der Waals surface area contributed by atoms with E-state index in [1.807, 2.05) is 18.2 Å². The highest BCUT2D eigenvalue weighted by atomic mass is 35.5. The van der Waals surface area contributed by atoms with Crippen molar-refractivity contribution in [2.45, 2.75) is 0 Å². The summed E-state index contributed by atoms with van der Waals surface area (Å²) in [4.78, 5) is 3.90. The molecule has 1 radical (unpaired) electrons. The van der Waals surface area contributed by atoms with Crippen LogP contribution >= 0.6 is 23.2 Å². The lowest BCUT2D eigenvalue weighted by atomic mass is 10.1. The third-order valence-corrected chi connectivity index (χ3v) is 3.26. The number of pyridine rings is 1. The van der Waals surface area contributed by atoms with Gasteiger partial charge in [0.15, 0.2) is 11.5 Å². The van der Waals surface area contributed by atoms with E-state index in [-0.39, 0.29) is 0 Å². The van der Waals surface area contributed by atoms with Crippen LogP contribution in [0.15, 0.2) is 30.6 Å². The van der Waals surface area contributed by atoms with Crippen molar-refractivity contribution in [1.29, 1.82) is 0 Å². The Kier molecular flexibility index (Phi) is 4.88. The normalized spacial score (nSPS) is 10.8. The molecular formula is C15H12Cl2NO2. The molecule has 0 amide bonds. The zero-order valence-electron chi connectivity index (χ0n) is 11.0. The molecule has 3 nitrogen and oxygen atoms in total. The number of hydrogen-bond donors (Lipinski definition) is 0. The molecule has 5 heteroatoms. The first-order chi connectivity index (χ1) is 9.65. The summed E-state index contributed by atoms with van der Waals surface area (Å²) in [5.74, 6) is 1.30. The zero-order chi connectivity index (χ0) is 14.5. The van der Waals surface area contributed by atoms with Crippen molar-refractivity contribution in [3.05, 3.63) is 57.8 Å². The van der Waals surface area contributed by atoms with Crippen molar-refractivity contribution < 1.29 is 9.47 Å². The molecule has 1 aromatic heterocycles. The van der Waals surface area contributed by atoms with E-state index in [4.69, 9.17) is 32.7 Å². The summed E-state index contributed by atoms with van der Waals surface area (Å²) in [7, 11) is 3.18. The maximum atomic E-state index is 6.04. The van der Waals surface area contributed by atoms with Gasteiger partial charge >= 0.3 is 0 Å². The van der Waals surface area contributed by atoms with Crippen molar-refractivity contribution in [3.63, 3.8) is 0 Å². The van der Waals surface area contributed by atoms with E-state index in [0.717, 1.165) is 5.56 Å². The van der Waals surface area contributed by atoms with Crippen LogP contribution in [0.4, 0.5) is 0 Å². The van der Waals surface area contributed by atoms with Gasteiger partial charge in [0.05, 0.1) is 24.3 Å². The number of nitrogens with zero attached hydrogens (tertiary/aromatic N) is 1. The molecule has 0 aliphatic heterocycles. The van der Waals surface area contributed by atoms with Gasteiger partial charge in [0.1, 0.15) is 0 Å². The second-order valence-electron chi connectivity index (χ2n) is 3.88. The van der Waals surface area contributed by atoms with Gasteiger partial charge in [-0.05, 0) is 29.8 Å². The van der Waals surface area contributed by atoms with Crippen LogP contribution in [0.2, 0.25) is 10.0 Å². The predicted molar refractivity (Wildman–Crippen MR) is 80.6 cm³/mol. The first-order valence-corrected chi connectivity index (χ1v) is 6.52. The molecule has 0 unspecified atom stereocenters. The van der Waals surface area contributed by atoms with Gasteiger partial charge in [0, 0.05) is 18.0 Å². The molecule has 20 heavy (non-hydrogen) atoms. The zero-order valence-corrected chi connectivity index (χ0v) is 12.5. The maximum Gasteiger partial charge on any atom is 0.161 e. The van der Waals surface area contributed by atoms with Gasteiger partial charge in [0.2, 0.25) is 0 Å². The maximum absolute atomic E-state index is 6.04. The van der Waals surface area contributed by atoms with E-state index in [0.29, 0.717) is 27.1 Å². The van der Waals surface area contributed by atoms with Gasteiger partial charge < -0.3 is 9.47 Å². The van der Waals surface area contributed by atoms with Crippen LogP contribution in [0, 0.1) is 6.08 Å². The quantitative estimate of drug-likeness (QED) is 0.845. The van der Waals surface area contributed by atoms with Crippen molar-refractivity contribution in [3.8, 4) is 11.5 Å². The Bertz CT molecular complexity index is 622. The highest BCUT2D eigenvalue weighted by Crippen LogP contribution is 2.29. The second-order valence-corrected chi connectivity index (χ2v) is 4.69. The SMILES string of the molecule is COc1ccc([C]=Cc2c(Cl)cncc2Cl)cc1OC. The molecule has 0 fully saturated rings. The van der Waals surface area contributed by atoms with E-state index in [9.17, 15) is 0 Å². The third kappa shape index (κ3) is 3.24. The van der Waals surface area contributed by atoms with Crippen LogP contribution in [0.5, 0.6) is 11.5 Å². The fraction of sp³-hybridized carbons (Fsp3) is 0.133. The minimum Gasteiger partial charge on any atom is -0.493 e. The van der Waals surface area contributed by atoms with E-state index >= 15 is 0 Å². The molecule has 103 valence electrons. The molecule has 1 aromatic carbocycles. The van der Waals surface area contributed by atoms with Crippen LogP contribution < -0.4 is 9.47 Å². The molecule has 0 saturated carbocycles. The number of benzene rings is 1. The summed E-state index contributed by atoms with van der Waals surface area (Å²) in [5.41, 5.74) is 1.50. The van der Waals surface area contributed by atoms with Gasteiger partial charge in [-0.25, -0.2) is 0 Å². The Hall–Kier alpha value is -1.71. The van der Waals surface area contributed by atoms with E-state index in [1.54, 1.807) is 20.3 Å². The Morgan fingerprint density at radius 1 is 1.05 bits per heavy atom. The molecule has 2 aromatic rings. The number of methoxy groups -OCH3 is 2. The number of halogens is 2. The summed E-state index contributed by atoms with van der Waals surface area (Å²) in [6.45, 7) is 0. The highest BCUT2D eigenvalue weighted by molar-refractivity contribution is 6.36. The van der Waals surface area contributed by atoms with Gasteiger partial charge in [-0.15, -0.1) is 0 Å². The lowest BCUT2D eigenvalue weighted by Crippen LogP contribution is -1.90. The Labute approximate surface area is 127 Å². The third-order valence-electron chi connectivity index (χ3n) is 2.66. The fourth-order valence-corrected chi connectivity index (χ4v) is 2.11. The van der Waals surface area contributed by atoms with Crippen molar-refractivity contribution in [2.75, 3.05) is 14.2 Å².